The molecule has 1 rings (SSSR count). The summed E-state index contributed by atoms with van der Waals surface area (Å²) >= 11 is 0. The normalized spacial score (nSPS) is 24.6. The molecule has 0 aromatic heterocycles. The zero-order valence-corrected chi connectivity index (χ0v) is 11.6. The Balaban J connectivity index is 0.00000169. The van der Waals surface area contributed by atoms with E-state index in [0.29, 0.717) is 0 Å². The molecule has 1 heterocycles. The largest absolute Gasteiger partial charge is 1.00 e. The smallest absolute Gasteiger partial charge is 0.204 e. The van der Waals surface area contributed by atoms with Gasteiger partial charge in [-0.3, -0.25) is 4.48 Å². The molecule has 3 heteroatoms. The lowest BCUT2D eigenvalue weighted by Gasteiger charge is -2.25. The molecule has 0 radical (unpaired) electrons. The van der Waals surface area contributed by atoms with Crippen LogP contribution in [0.15, 0.2) is 17.4 Å². The van der Waals surface area contributed by atoms with Crippen LogP contribution in [0.5, 0.6) is 0 Å². The molecule has 1 aliphatic rings. The van der Waals surface area contributed by atoms with Gasteiger partial charge in [0.05, 0.1) is 19.8 Å². The SMILES string of the molecule is CCCCCC[N+]1(C)C=CN=C1C.[I-]. The standard InChI is InChI=1S/C11H21N2.HI/c1-4-5-6-7-9-13(3)10-8-12-11(13)2;/h8,10H,4-7,9H2,1-3H3;1H/q+1;/p-1. The van der Waals surface area contributed by atoms with Gasteiger partial charge >= 0.3 is 0 Å². The van der Waals surface area contributed by atoms with E-state index in [1.165, 1.54) is 38.1 Å². The Morgan fingerprint density at radius 3 is 2.50 bits per heavy atom. The van der Waals surface area contributed by atoms with Crippen LogP contribution in [0.1, 0.15) is 39.5 Å². The third kappa shape index (κ3) is 3.69. The number of quaternary nitrogens is 1. The van der Waals surface area contributed by atoms with Gasteiger partial charge in [-0.15, -0.1) is 0 Å². The molecule has 0 saturated carbocycles. The van der Waals surface area contributed by atoms with Gasteiger partial charge in [0.2, 0.25) is 5.84 Å². The molecule has 2 nitrogen and oxygen atoms in total. The molecule has 0 aliphatic carbocycles. The van der Waals surface area contributed by atoms with E-state index in [1.54, 1.807) is 0 Å². The maximum Gasteiger partial charge on any atom is 0.204 e. The highest BCUT2D eigenvalue weighted by Gasteiger charge is 2.25. The monoisotopic (exact) mass is 308 g/mol. The number of halogens is 1. The Kier molecular flexibility index (Phi) is 6.61. The molecule has 0 saturated heterocycles. The van der Waals surface area contributed by atoms with Crippen LogP contribution in [-0.4, -0.2) is 23.9 Å². The van der Waals surface area contributed by atoms with Gasteiger partial charge in [0.15, 0.2) is 0 Å². The zero-order chi connectivity index (χ0) is 9.73. The van der Waals surface area contributed by atoms with Crippen LogP contribution >= 0.6 is 0 Å². The summed E-state index contributed by atoms with van der Waals surface area (Å²) in [6.07, 6.45) is 9.44. The van der Waals surface area contributed by atoms with Gasteiger partial charge in [0.1, 0.15) is 6.20 Å². The molecular weight excluding hydrogens is 287 g/mol. The van der Waals surface area contributed by atoms with Gasteiger partial charge < -0.3 is 24.0 Å². The maximum atomic E-state index is 4.30. The van der Waals surface area contributed by atoms with Crippen molar-refractivity contribution in [2.45, 2.75) is 39.5 Å². The van der Waals surface area contributed by atoms with Gasteiger partial charge in [-0.2, -0.15) is 0 Å². The Morgan fingerprint density at radius 1 is 1.29 bits per heavy atom. The van der Waals surface area contributed by atoms with E-state index in [4.69, 9.17) is 0 Å². The van der Waals surface area contributed by atoms with E-state index in [0.717, 1.165) is 4.48 Å². The summed E-state index contributed by atoms with van der Waals surface area (Å²) < 4.78 is 0.920. The number of nitrogens with zero attached hydrogens (tertiary/aromatic N) is 2. The molecule has 0 N–H and O–H groups in total. The van der Waals surface area contributed by atoms with E-state index >= 15 is 0 Å². The first kappa shape index (κ1) is 14.1. The third-order valence-electron chi connectivity index (χ3n) is 2.87. The summed E-state index contributed by atoms with van der Waals surface area (Å²) in [4.78, 5) is 4.30. The summed E-state index contributed by atoms with van der Waals surface area (Å²) in [5.74, 6) is 1.22. The van der Waals surface area contributed by atoms with Crippen molar-refractivity contribution in [3.8, 4) is 0 Å². The average Bonchev–Trinajstić information content (AvgIpc) is 2.42. The molecule has 0 bridgehead atoms. The van der Waals surface area contributed by atoms with Crippen LogP contribution < -0.4 is 24.0 Å². The maximum absolute atomic E-state index is 4.30. The lowest BCUT2D eigenvalue weighted by atomic mass is 10.2. The van der Waals surface area contributed by atoms with Crippen molar-refractivity contribution in [2.24, 2.45) is 4.99 Å². The lowest BCUT2D eigenvalue weighted by molar-refractivity contribution is -0.764. The number of aliphatic imine (C=N–C) groups is 1. The average molecular weight is 308 g/mol. The number of rotatable bonds is 5. The van der Waals surface area contributed by atoms with Crippen molar-refractivity contribution in [1.29, 1.82) is 0 Å². The van der Waals surface area contributed by atoms with Crippen LogP contribution in [0.3, 0.4) is 0 Å². The molecule has 14 heavy (non-hydrogen) atoms. The molecule has 1 atom stereocenters. The van der Waals surface area contributed by atoms with Crippen molar-refractivity contribution in [3.05, 3.63) is 12.4 Å². The van der Waals surface area contributed by atoms with Crippen LogP contribution in [0.4, 0.5) is 0 Å². The molecule has 0 spiro atoms. The first-order chi connectivity index (χ1) is 6.19. The van der Waals surface area contributed by atoms with Crippen molar-refractivity contribution in [3.63, 3.8) is 0 Å². The van der Waals surface area contributed by atoms with E-state index < -0.39 is 0 Å². The van der Waals surface area contributed by atoms with Gasteiger partial charge in [0, 0.05) is 6.92 Å². The number of hydrogen-bond donors (Lipinski definition) is 0. The second-order valence-corrected chi connectivity index (χ2v) is 4.03. The van der Waals surface area contributed by atoms with Crippen LogP contribution in [-0.2, 0) is 0 Å². The predicted octanol–water partition coefficient (Wildman–Crippen LogP) is -0.0795. The van der Waals surface area contributed by atoms with E-state index in [-0.39, 0.29) is 24.0 Å². The fourth-order valence-corrected chi connectivity index (χ4v) is 1.63. The zero-order valence-electron chi connectivity index (χ0n) is 9.46. The minimum Gasteiger partial charge on any atom is -1.00 e. The third-order valence-corrected chi connectivity index (χ3v) is 2.87. The van der Waals surface area contributed by atoms with Gasteiger partial charge in [-0.1, -0.05) is 19.8 Å². The molecule has 82 valence electrons. The molecule has 0 aromatic carbocycles. The fourth-order valence-electron chi connectivity index (χ4n) is 1.63. The lowest BCUT2D eigenvalue weighted by Crippen LogP contribution is -3.00. The van der Waals surface area contributed by atoms with Gasteiger partial charge in [-0.25, -0.2) is 4.99 Å². The quantitative estimate of drug-likeness (QED) is 0.383. The minimum atomic E-state index is 0. The molecule has 1 aliphatic heterocycles. The summed E-state index contributed by atoms with van der Waals surface area (Å²) in [5, 5.41) is 0. The molecule has 1 unspecified atom stereocenters. The number of amidine groups is 1. The van der Waals surface area contributed by atoms with E-state index in [2.05, 4.69) is 32.1 Å². The van der Waals surface area contributed by atoms with Crippen molar-refractivity contribution in [2.75, 3.05) is 13.6 Å². The summed E-state index contributed by atoms with van der Waals surface area (Å²) in [7, 11) is 2.23. The highest BCUT2D eigenvalue weighted by Crippen LogP contribution is 2.15. The Morgan fingerprint density at radius 2 is 2.00 bits per heavy atom. The van der Waals surface area contributed by atoms with Crippen molar-refractivity contribution >= 4 is 5.84 Å². The second kappa shape index (κ2) is 6.56. The molecule has 0 fully saturated rings. The van der Waals surface area contributed by atoms with E-state index in [9.17, 15) is 0 Å². The summed E-state index contributed by atoms with van der Waals surface area (Å²) in [6, 6.07) is 0. The van der Waals surface area contributed by atoms with Crippen LogP contribution in [0.2, 0.25) is 0 Å². The highest BCUT2D eigenvalue weighted by molar-refractivity contribution is 5.75. The molecule has 0 amide bonds. The van der Waals surface area contributed by atoms with E-state index in [1.807, 2.05) is 6.20 Å². The minimum absolute atomic E-state index is 0. The molecule has 0 aromatic rings. The number of hydrogen-bond acceptors (Lipinski definition) is 1. The Labute approximate surface area is 105 Å². The molecular formula is C11H21IN2. The van der Waals surface area contributed by atoms with Crippen molar-refractivity contribution in [1.82, 2.24) is 0 Å². The predicted molar refractivity (Wildman–Crippen MR) is 57.4 cm³/mol. The van der Waals surface area contributed by atoms with Crippen LogP contribution in [0, 0.1) is 0 Å². The van der Waals surface area contributed by atoms with Crippen LogP contribution in [0.25, 0.3) is 0 Å². The summed E-state index contributed by atoms with van der Waals surface area (Å²) in [6.45, 7) is 5.56. The summed E-state index contributed by atoms with van der Waals surface area (Å²) in [5.41, 5.74) is 0. The fraction of sp³-hybridized carbons (Fsp3) is 0.727. The number of unbranched alkanes of at least 4 members (excludes halogenated alkanes) is 3. The Hall–Kier alpha value is 0.100. The second-order valence-electron chi connectivity index (χ2n) is 4.03. The first-order valence-corrected chi connectivity index (χ1v) is 5.27. The topological polar surface area (TPSA) is 12.4 Å². The highest BCUT2D eigenvalue weighted by atomic mass is 127. The van der Waals surface area contributed by atoms with Gasteiger partial charge in [-0.05, 0) is 12.8 Å². The van der Waals surface area contributed by atoms with Crippen molar-refractivity contribution < 1.29 is 28.5 Å². The first-order valence-electron chi connectivity index (χ1n) is 5.27. The van der Waals surface area contributed by atoms with Gasteiger partial charge in [0.25, 0.3) is 0 Å². The Bertz CT molecular complexity index is 223.